The Morgan fingerprint density at radius 3 is 2.36 bits per heavy atom. The number of primary sulfonamides is 1. The number of esters is 1. The molecule has 7 heteroatoms. The van der Waals surface area contributed by atoms with Gasteiger partial charge in [-0.3, -0.25) is 0 Å². The van der Waals surface area contributed by atoms with Crippen LogP contribution in [0.25, 0.3) is 0 Å². The van der Waals surface area contributed by atoms with E-state index in [-0.39, 0.29) is 10.5 Å². The minimum absolute atomic E-state index is 0.0882. The number of hydrogen-bond acceptors (Lipinski definition) is 5. The Morgan fingerprint density at radius 2 is 1.86 bits per heavy atom. The number of carbonyl (C=O) groups excluding carboxylic acids is 1. The average molecular weight is 326 g/mol. The molecule has 0 aliphatic carbocycles. The molecule has 1 aromatic carbocycles. The molecule has 2 unspecified atom stereocenters. The van der Waals surface area contributed by atoms with Gasteiger partial charge in [-0.05, 0) is 36.5 Å². The summed E-state index contributed by atoms with van der Waals surface area (Å²) in [7, 11) is -2.59. The molecule has 0 amide bonds. The van der Waals surface area contributed by atoms with Crippen LogP contribution in [0.1, 0.15) is 30.6 Å². The number of hydrogen-bond donors (Lipinski definition) is 1. The Balaban J connectivity index is 2.48. The van der Waals surface area contributed by atoms with Gasteiger partial charge in [0.2, 0.25) is 10.0 Å². The van der Waals surface area contributed by atoms with Crippen LogP contribution in [0.3, 0.4) is 0 Å². The summed E-state index contributed by atoms with van der Waals surface area (Å²) in [6.45, 7) is 5.98. The zero-order valence-electron chi connectivity index (χ0n) is 13.1. The van der Waals surface area contributed by atoms with Crippen molar-refractivity contribution in [1.29, 1.82) is 0 Å². The van der Waals surface area contributed by atoms with Gasteiger partial charge in [-0.2, -0.15) is 0 Å². The molecule has 22 heavy (non-hydrogen) atoms. The summed E-state index contributed by atoms with van der Waals surface area (Å²) in [5, 5.41) is 5.15. The summed E-state index contributed by atoms with van der Waals surface area (Å²) in [6, 6.07) is 4.36. The maximum Gasteiger partial charge on any atom is 0.340 e. The van der Waals surface area contributed by atoms with Crippen LogP contribution < -0.4 is 10.0 Å². The summed E-state index contributed by atoms with van der Waals surface area (Å²) in [4.78, 5) is 14.1. The number of rotatable bonds is 3. The molecule has 2 atom stereocenters. The first-order valence-electron chi connectivity index (χ1n) is 7.22. The van der Waals surface area contributed by atoms with Crippen LogP contribution in [-0.4, -0.2) is 34.6 Å². The minimum atomic E-state index is -3.86. The normalized spacial score (nSPS) is 22.5. The van der Waals surface area contributed by atoms with Crippen molar-refractivity contribution in [3.05, 3.63) is 23.8 Å². The topological polar surface area (TPSA) is 89.7 Å². The standard InChI is InChI=1S/C15H22N2O4S/c1-10-6-11(2)9-17(8-10)14-5-4-12(22(16,19)20)7-13(14)15(18)21-3/h4-5,7,10-11H,6,8-9H2,1-3H3,(H2,16,19,20). The zero-order chi connectivity index (χ0) is 16.5. The van der Waals surface area contributed by atoms with Gasteiger partial charge in [0.15, 0.2) is 0 Å². The van der Waals surface area contributed by atoms with E-state index in [4.69, 9.17) is 9.88 Å². The van der Waals surface area contributed by atoms with Crippen LogP contribution >= 0.6 is 0 Å². The van der Waals surface area contributed by atoms with Gasteiger partial charge >= 0.3 is 5.97 Å². The van der Waals surface area contributed by atoms with Crippen LogP contribution in [0.5, 0.6) is 0 Å². The van der Waals surface area contributed by atoms with E-state index >= 15 is 0 Å². The number of ether oxygens (including phenoxy) is 1. The number of anilines is 1. The lowest BCUT2D eigenvalue weighted by atomic mass is 9.91. The Hall–Kier alpha value is -1.60. The molecule has 1 aliphatic rings. The van der Waals surface area contributed by atoms with Gasteiger partial charge in [0.25, 0.3) is 0 Å². The van der Waals surface area contributed by atoms with Gasteiger partial charge in [0, 0.05) is 13.1 Å². The van der Waals surface area contributed by atoms with Crippen molar-refractivity contribution < 1.29 is 17.9 Å². The molecule has 122 valence electrons. The molecular formula is C15H22N2O4S. The van der Waals surface area contributed by atoms with Crippen molar-refractivity contribution in [2.75, 3.05) is 25.1 Å². The summed E-state index contributed by atoms with van der Waals surface area (Å²) >= 11 is 0. The van der Waals surface area contributed by atoms with Gasteiger partial charge in [-0.25, -0.2) is 18.4 Å². The third-order valence-electron chi connectivity index (χ3n) is 3.91. The monoisotopic (exact) mass is 326 g/mol. The highest BCUT2D eigenvalue weighted by Crippen LogP contribution is 2.30. The van der Waals surface area contributed by atoms with Crippen molar-refractivity contribution in [1.82, 2.24) is 0 Å². The van der Waals surface area contributed by atoms with Gasteiger partial charge in [0.05, 0.1) is 23.3 Å². The summed E-state index contributed by atoms with van der Waals surface area (Å²) in [6.07, 6.45) is 1.14. The molecule has 0 aromatic heterocycles. The van der Waals surface area contributed by atoms with Crippen molar-refractivity contribution in [2.45, 2.75) is 25.2 Å². The second-order valence-electron chi connectivity index (χ2n) is 6.07. The molecule has 6 nitrogen and oxygen atoms in total. The zero-order valence-corrected chi connectivity index (χ0v) is 13.9. The third-order valence-corrected chi connectivity index (χ3v) is 4.82. The summed E-state index contributed by atoms with van der Waals surface area (Å²) < 4.78 is 27.8. The molecule has 0 radical (unpaired) electrons. The lowest BCUT2D eigenvalue weighted by molar-refractivity contribution is 0.0601. The van der Waals surface area contributed by atoms with E-state index in [1.165, 1.54) is 19.2 Å². The van der Waals surface area contributed by atoms with E-state index in [0.717, 1.165) is 19.5 Å². The van der Waals surface area contributed by atoms with E-state index in [1.807, 2.05) is 0 Å². The second-order valence-corrected chi connectivity index (χ2v) is 7.63. The Kier molecular flexibility index (Phi) is 4.77. The Bertz CT molecular complexity index is 662. The number of methoxy groups -OCH3 is 1. The lowest BCUT2D eigenvalue weighted by Gasteiger charge is -2.37. The van der Waals surface area contributed by atoms with Crippen LogP contribution in [0.4, 0.5) is 5.69 Å². The molecule has 1 saturated heterocycles. The summed E-state index contributed by atoms with van der Waals surface area (Å²) in [5.74, 6) is 0.450. The lowest BCUT2D eigenvalue weighted by Crippen LogP contribution is -2.39. The Morgan fingerprint density at radius 1 is 1.27 bits per heavy atom. The fourth-order valence-corrected chi connectivity index (χ4v) is 3.64. The fourth-order valence-electron chi connectivity index (χ4n) is 3.10. The minimum Gasteiger partial charge on any atom is -0.465 e. The fraction of sp³-hybridized carbons (Fsp3) is 0.533. The highest BCUT2D eigenvalue weighted by Gasteiger charge is 2.26. The van der Waals surface area contributed by atoms with E-state index in [9.17, 15) is 13.2 Å². The second kappa shape index (κ2) is 6.26. The maximum atomic E-state index is 12.0. The van der Waals surface area contributed by atoms with Crippen LogP contribution in [-0.2, 0) is 14.8 Å². The maximum absolute atomic E-state index is 12.0. The Labute approximate surface area is 131 Å². The number of piperidine rings is 1. The number of benzene rings is 1. The highest BCUT2D eigenvalue weighted by atomic mass is 32.2. The quantitative estimate of drug-likeness (QED) is 0.852. The largest absolute Gasteiger partial charge is 0.465 e. The van der Waals surface area contributed by atoms with Crippen LogP contribution in [0, 0.1) is 11.8 Å². The van der Waals surface area contributed by atoms with Crippen molar-refractivity contribution >= 4 is 21.7 Å². The molecule has 2 rings (SSSR count). The number of nitrogens with two attached hydrogens (primary N) is 1. The molecule has 2 N–H and O–H groups in total. The van der Waals surface area contributed by atoms with E-state index < -0.39 is 16.0 Å². The third kappa shape index (κ3) is 3.59. The molecule has 0 spiro atoms. The molecule has 0 bridgehead atoms. The smallest absolute Gasteiger partial charge is 0.340 e. The predicted octanol–water partition coefficient (Wildman–Crippen LogP) is 1.60. The molecule has 1 heterocycles. The first kappa shape index (κ1) is 16.8. The van der Waals surface area contributed by atoms with Gasteiger partial charge in [-0.1, -0.05) is 13.8 Å². The summed E-state index contributed by atoms with van der Waals surface area (Å²) in [5.41, 5.74) is 0.924. The molecular weight excluding hydrogens is 304 g/mol. The first-order valence-corrected chi connectivity index (χ1v) is 8.77. The molecule has 0 saturated carbocycles. The van der Waals surface area contributed by atoms with Gasteiger partial charge < -0.3 is 9.64 Å². The van der Waals surface area contributed by atoms with Crippen molar-refractivity contribution in [2.24, 2.45) is 17.0 Å². The number of sulfonamides is 1. The van der Waals surface area contributed by atoms with Gasteiger partial charge in [-0.15, -0.1) is 0 Å². The number of nitrogens with zero attached hydrogens (tertiary/aromatic N) is 1. The highest BCUT2D eigenvalue weighted by molar-refractivity contribution is 7.89. The van der Waals surface area contributed by atoms with Gasteiger partial charge in [0.1, 0.15) is 0 Å². The number of carbonyl (C=O) groups is 1. The van der Waals surface area contributed by atoms with Crippen molar-refractivity contribution in [3.63, 3.8) is 0 Å². The van der Waals surface area contributed by atoms with Crippen LogP contribution in [0.2, 0.25) is 0 Å². The predicted molar refractivity (Wildman–Crippen MR) is 84.3 cm³/mol. The van der Waals surface area contributed by atoms with E-state index in [1.54, 1.807) is 6.07 Å². The van der Waals surface area contributed by atoms with E-state index in [2.05, 4.69) is 18.7 Å². The van der Waals surface area contributed by atoms with E-state index in [0.29, 0.717) is 17.5 Å². The van der Waals surface area contributed by atoms with Crippen molar-refractivity contribution in [3.8, 4) is 0 Å². The molecule has 1 aliphatic heterocycles. The first-order chi connectivity index (χ1) is 10.2. The molecule has 1 aromatic rings. The van der Waals surface area contributed by atoms with Crippen LogP contribution in [0.15, 0.2) is 23.1 Å². The SMILES string of the molecule is COC(=O)c1cc(S(N)(=O)=O)ccc1N1CC(C)CC(C)C1. The molecule has 1 fully saturated rings. The average Bonchev–Trinajstić information content (AvgIpc) is 2.43.